The summed E-state index contributed by atoms with van der Waals surface area (Å²) in [6.07, 6.45) is 88.6. The molecule has 2 atom stereocenters. The number of allylic oxidation sites excluding steroid dienone is 8. The molecule has 4 heteroatoms. The molecule has 0 rings (SSSR count). The first-order valence-corrected chi connectivity index (χ1v) is 32.8. The summed E-state index contributed by atoms with van der Waals surface area (Å²) in [6.45, 7) is 4.29. The van der Waals surface area contributed by atoms with Crippen LogP contribution in [0.5, 0.6) is 0 Å². The van der Waals surface area contributed by atoms with Crippen LogP contribution in [0.25, 0.3) is 0 Å². The first-order valence-electron chi connectivity index (χ1n) is 32.8. The Balaban J connectivity index is 3.41. The van der Waals surface area contributed by atoms with Gasteiger partial charge in [-0.1, -0.05) is 351 Å². The molecule has 3 N–H and O–H groups in total. The van der Waals surface area contributed by atoms with Crippen LogP contribution in [-0.4, -0.2) is 34.9 Å². The number of aliphatic hydroxyl groups is 2. The number of hydrogen-bond acceptors (Lipinski definition) is 3. The first kappa shape index (κ1) is 70.3. The summed E-state index contributed by atoms with van der Waals surface area (Å²) in [5.74, 6) is -0.0251. The van der Waals surface area contributed by atoms with Crippen molar-refractivity contribution in [3.8, 4) is 0 Å². The van der Waals surface area contributed by atoms with Crippen LogP contribution in [0.1, 0.15) is 361 Å². The van der Waals surface area contributed by atoms with Crippen molar-refractivity contribution in [2.45, 2.75) is 373 Å². The molecule has 0 saturated carbocycles. The maximum Gasteiger partial charge on any atom is 0.220 e. The second-order valence-electron chi connectivity index (χ2n) is 22.5. The standard InChI is InChI=1S/C68H129NO3/c1-3-5-7-9-11-13-15-17-19-21-23-25-27-29-31-33-34-36-38-40-42-44-46-48-50-52-54-56-58-60-62-64-68(72)69-66(65-70)67(71)63-61-59-57-55-53-51-49-47-45-43-41-39-37-35-32-30-28-26-24-22-20-18-16-14-12-10-8-6-4-2/h5,7,11,13,17,19,23,25,66-67,70-71H,3-4,6,8-10,12,14-16,18,20-22,24,26-65H2,1-2H3,(H,69,72)/b7-5-,13-11-,19-17-,25-23-. The van der Waals surface area contributed by atoms with Gasteiger partial charge in [-0.2, -0.15) is 0 Å². The van der Waals surface area contributed by atoms with Crippen LogP contribution in [0.3, 0.4) is 0 Å². The molecule has 0 aliphatic carbocycles. The van der Waals surface area contributed by atoms with Gasteiger partial charge in [0.05, 0.1) is 18.8 Å². The lowest BCUT2D eigenvalue weighted by Crippen LogP contribution is -2.45. The van der Waals surface area contributed by atoms with Gasteiger partial charge in [-0.05, 0) is 51.4 Å². The van der Waals surface area contributed by atoms with Gasteiger partial charge in [-0.25, -0.2) is 0 Å². The molecule has 0 radical (unpaired) electrons. The molecular formula is C68H129NO3. The zero-order valence-corrected chi connectivity index (χ0v) is 49.0. The molecule has 0 aromatic heterocycles. The van der Waals surface area contributed by atoms with Gasteiger partial charge in [0, 0.05) is 6.42 Å². The first-order chi connectivity index (χ1) is 35.7. The predicted molar refractivity (Wildman–Crippen MR) is 322 cm³/mol. The summed E-state index contributed by atoms with van der Waals surface area (Å²) in [6, 6.07) is -0.538. The smallest absolute Gasteiger partial charge is 0.220 e. The lowest BCUT2D eigenvalue weighted by molar-refractivity contribution is -0.123. The summed E-state index contributed by atoms with van der Waals surface area (Å²) in [5.41, 5.74) is 0. The van der Waals surface area contributed by atoms with Gasteiger partial charge in [0.1, 0.15) is 0 Å². The van der Waals surface area contributed by atoms with Crippen LogP contribution < -0.4 is 5.32 Å². The Morgan fingerprint density at radius 1 is 0.347 bits per heavy atom. The van der Waals surface area contributed by atoms with E-state index in [9.17, 15) is 15.0 Å². The van der Waals surface area contributed by atoms with Crippen molar-refractivity contribution in [1.82, 2.24) is 5.32 Å². The van der Waals surface area contributed by atoms with Crippen molar-refractivity contribution in [2.75, 3.05) is 6.61 Å². The highest BCUT2D eigenvalue weighted by molar-refractivity contribution is 5.76. The molecule has 0 bridgehead atoms. The monoisotopic (exact) mass is 1010 g/mol. The Morgan fingerprint density at radius 3 is 0.917 bits per heavy atom. The number of rotatable bonds is 61. The number of amides is 1. The molecule has 0 saturated heterocycles. The fourth-order valence-corrected chi connectivity index (χ4v) is 10.4. The SMILES string of the molecule is CC/C=C\C/C=C\C/C=C\C/C=C\CCCCCCCCCCCCCCCCCCCCC(=O)NC(CO)C(O)CCCCCCCCCCCCCCCCCCCCCCCCCCCCCCC. The Morgan fingerprint density at radius 2 is 0.611 bits per heavy atom. The van der Waals surface area contributed by atoms with E-state index in [4.69, 9.17) is 0 Å². The van der Waals surface area contributed by atoms with Gasteiger partial charge in [0.2, 0.25) is 5.91 Å². The lowest BCUT2D eigenvalue weighted by Gasteiger charge is -2.22. The third kappa shape index (κ3) is 59.2. The van der Waals surface area contributed by atoms with E-state index in [1.807, 2.05) is 0 Å². The van der Waals surface area contributed by atoms with E-state index in [0.717, 1.165) is 51.4 Å². The zero-order chi connectivity index (χ0) is 52.0. The van der Waals surface area contributed by atoms with Crippen molar-refractivity contribution in [1.29, 1.82) is 0 Å². The van der Waals surface area contributed by atoms with Crippen LogP contribution in [0.4, 0.5) is 0 Å². The molecule has 424 valence electrons. The van der Waals surface area contributed by atoms with E-state index in [1.165, 1.54) is 283 Å². The molecule has 4 nitrogen and oxygen atoms in total. The molecule has 0 aromatic rings. The second-order valence-corrected chi connectivity index (χ2v) is 22.5. The number of carbonyl (C=O) groups excluding carboxylic acids is 1. The summed E-state index contributed by atoms with van der Waals surface area (Å²) < 4.78 is 0. The Bertz CT molecular complexity index is 1140. The van der Waals surface area contributed by atoms with Crippen molar-refractivity contribution < 1.29 is 15.0 Å². The van der Waals surface area contributed by atoms with Gasteiger partial charge >= 0.3 is 0 Å². The summed E-state index contributed by atoms with van der Waals surface area (Å²) in [4.78, 5) is 12.5. The number of aliphatic hydroxyl groups excluding tert-OH is 2. The number of carbonyl (C=O) groups is 1. The van der Waals surface area contributed by atoms with Crippen molar-refractivity contribution in [2.24, 2.45) is 0 Å². The molecular weight excluding hydrogens is 879 g/mol. The summed E-state index contributed by atoms with van der Waals surface area (Å²) >= 11 is 0. The highest BCUT2D eigenvalue weighted by Crippen LogP contribution is 2.19. The molecule has 0 fully saturated rings. The molecule has 0 aliphatic rings. The Kier molecular flexibility index (Phi) is 62.2. The second kappa shape index (κ2) is 63.6. The molecule has 2 unspecified atom stereocenters. The number of nitrogens with one attached hydrogen (secondary N) is 1. The zero-order valence-electron chi connectivity index (χ0n) is 49.0. The highest BCUT2D eigenvalue weighted by atomic mass is 16.3. The predicted octanol–water partition coefficient (Wildman–Crippen LogP) is 22.2. The topological polar surface area (TPSA) is 69.6 Å². The van der Waals surface area contributed by atoms with Crippen molar-refractivity contribution in [3.63, 3.8) is 0 Å². The maximum atomic E-state index is 12.5. The van der Waals surface area contributed by atoms with Gasteiger partial charge < -0.3 is 15.5 Å². The molecule has 72 heavy (non-hydrogen) atoms. The van der Waals surface area contributed by atoms with E-state index in [2.05, 4.69) is 67.8 Å². The van der Waals surface area contributed by atoms with Crippen LogP contribution >= 0.6 is 0 Å². The normalized spacial score (nSPS) is 13.0. The highest BCUT2D eigenvalue weighted by Gasteiger charge is 2.20. The Labute approximate surface area is 452 Å². The van der Waals surface area contributed by atoms with Crippen LogP contribution in [0, 0.1) is 0 Å². The minimum Gasteiger partial charge on any atom is -0.394 e. The summed E-state index contributed by atoms with van der Waals surface area (Å²) in [5, 5.41) is 23.4. The molecule has 0 spiro atoms. The molecule has 0 aliphatic heterocycles. The van der Waals surface area contributed by atoms with E-state index in [1.54, 1.807) is 0 Å². The van der Waals surface area contributed by atoms with Crippen LogP contribution in [0.15, 0.2) is 48.6 Å². The maximum absolute atomic E-state index is 12.5. The lowest BCUT2D eigenvalue weighted by atomic mass is 10.0. The van der Waals surface area contributed by atoms with Gasteiger partial charge in [0.25, 0.3) is 0 Å². The minimum atomic E-state index is -0.661. The van der Waals surface area contributed by atoms with E-state index in [0.29, 0.717) is 12.8 Å². The molecule has 1 amide bonds. The molecule has 0 aromatic carbocycles. The van der Waals surface area contributed by atoms with Gasteiger partial charge in [-0.3, -0.25) is 4.79 Å². The van der Waals surface area contributed by atoms with E-state index >= 15 is 0 Å². The third-order valence-corrected chi connectivity index (χ3v) is 15.4. The minimum absolute atomic E-state index is 0.0251. The van der Waals surface area contributed by atoms with E-state index in [-0.39, 0.29) is 12.5 Å². The van der Waals surface area contributed by atoms with Crippen molar-refractivity contribution in [3.05, 3.63) is 48.6 Å². The summed E-state index contributed by atoms with van der Waals surface area (Å²) in [7, 11) is 0. The van der Waals surface area contributed by atoms with Gasteiger partial charge in [-0.15, -0.1) is 0 Å². The third-order valence-electron chi connectivity index (χ3n) is 15.4. The average molecular weight is 1010 g/mol. The number of hydrogen-bond donors (Lipinski definition) is 3. The fraction of sp³-hybridized carbons (Fsp3) is 0.868. The number of unbranched alkanes of at least 4 members (excludes halogenated alkanes) is 46. The molecule has 0 heterocycles. The van der Waals surface area contributed by atoms with Gasteiger partial charge in [0.15, 0.2) is 0 Å². The fourth-order valence-electron chi connectivity index (χ4n) is 10.4. The Hall–Kier alpha value is -1.65. The van der Waals surface area contributed by atoms with Crippen molar-refractivity contribution >= 4 is 5.91 Å². The van der Waals surface area contributed by atoms with Crippen LogP contribution in [0.2, 0.25) is 0 Å². The largest absolute Gasteiger partial charge is 0.394 e. The van der Waals surface area contributed by atoms with Crippen LogP contribution in [-0.2, 0) is 4.79 Å². The quantitative estimate of drug-likeness (QED) is 0.0420. The average Bonchev–Trinajstić information content (AvgIpc) is 3.39. The van der Waals surface area contributed by atoms with E-state index < -0.39 is 12.1 Å².